The molecule has 2 aromatic carbocycles. The van der Waals surface area contributed by atoms with Gasteiger partial charge in [0.15, 0.2) is 5.69 Å². The third kappa shape index (κ3) is 4.39. The van der Waals surface area contributed by atoms with E-state index in [9.17, 15) is 14.4 Å². The largest absolute Gasteiger partial charge is 0.350 e. The number of fused-ring (bicyclic) bond motifs is 1. The van der Waals surface area contributed by atoms with E-state index in [-0.39, 0.29) is 41.7 Å². The van der Waals surface area contributed by atoms with E-state index in [1.165, 1.54) is 6.33 Å². The maximum atomic E-state index is 13.9. The summed E-state index contributed by atoms with van der Waals surface area (Å²) in [4.78, 5) is 48.6. The third-order valence-electron chi connectivity index (χ3n) is 7.05. The van der Waals surface area contributed by atoms with Gasteiger partial charge in [-0.3, -0.25) is 14.4 Å². The molecule has 1 aliphatic carbocycles. The van der Waals surface area contributed by atoms with Gasteiger partial charge in [-0.25, -0.2) is 4.98 Å². The number of imidazole rings is 1. The molecule has 2 aliphatic rings. The molecule has 0 bridgehead atoms. The van der Waals surface area contributed by atoms with Crippen molar-refractivity contribution >= 4 is 17.7 Å². The zero-order chi connectivity index (χ0) is 25.3. The van der Waals surface area contributed by atoms with Crippen molar-refractivity contribution in [1.82, 2.24) is 24.7 Å². The molecule has 1 aliphatic heterocycles. The van der Waals surface area contributed by atoms with Crippen molar-refractivity contribution in [3.63, 3.8) is 0 Å². The Kier molecular flexibility index (Phi) is 6.35. The standard InChI is InChI=1S/C28H31N5O3/c1-3-31(17-21-12-8-5-9-13-21)25(34)23-24-26(35)33(22-14-15-22)28(2,18-32(24)19-30-23)27(36)29-16-20-10-6-4-7-11-20/h4-13,19,22H,3,14-18H2,1-2H3,(H,29,36)/t28-/m1/s1. The van der Waals surface area contributed by atoms with Crippen LogP contribution in [-0.4, -0.2) is 55.2 Å². The Labute approximate surface area is 210 Å². The minimum Gasteiger partial charge on any atom is -0.350 e. The first-order valence-electron chi connectivity index (χ1n) is 12.5. The lowest BCUT2D eigenvalue weighted by molar-refractivity contribution is -0.133. The fourth-order valence-corrected chi connectivity index (χ4v) is 4.96. The van der Waals surface area contributed by atoms with Crippen molar-refractivity contribution < 1.29 is 14.4 Å². The normalized spacial score (nSPS) is 19.1. The Balaban J connectivity index is 1.41. The molecule has 0 unspecified atom stereocenters. The number of nitrogens with one attached hydrogen (secondary N) is 1. The summed E-state index contributed by atoms with van der Waals surface area (Å²) >= 11 is 0. The molecule has 1 fully saturated rings. The summed E-state index contributed by atoms with van der Waals surface area (Å²) in [6.07, 6.45) is 3.21. The topological polar surface area (TPSA) is 87.5 Å². The lowest BCUT2D eigenvalue weighted by Crippen LogP contribution is -2.64. The van der Waals surface area contributed by atoms with Gasteiger partial charge in [0.05, 0.1) is 12.9 Å². The van der Waals surface area contributed by atoms with Crippen LogP contribution in [0.5, 0.6) is 0 Å². The number of hydrogen-bond donors (Lipinski definition) is 1. The smallest absolute Gasteiger partial charge is 0.275 e. The molecule has 3 amide bonds. The fourth-order valence-electron chi connectivity index (χ4n) is 4.96. The zero-order valence-electron chi connectivity index (χ0n) is 20.7. The highest BCUT2D eigenvalue weighted by atomic mass is 16.2. The van der Waals surface area contributed by atoms with Crippen molar-refractivity contribution in [2.24, 2.45) is 0 Å². The number of aromatic nitrogens is 2. The average molecular weight is 486 g/mol. The molecule has 1 aromatic heterocycles. The van der Waals surface area contributed by atoms with Crippen molar-refractivity contribution in [1.29, 1.82) is 0 Å². The quantitative estimate of drug-likeness (QED) is 0.531. The van der Waals surface area contributed by atoms with Crippen LogP contribution in [0.1, 0.15) is 58.8 Å². The van der Waals surface area contributed by atoms with Gasteiger partial charge in [0.2, 0.25) is 5.91 Å². The minimum absolute atomic E-state index is 0.0109. The molecule has 5 rings (SSSR count). The predicted molar refractivity (Wildman–Crippen MR) is 135 cm³/mol. The highest BCUT2D eigenvalue weighted by Gasteiger charge is 2.53. The van der Waals surface area contributed by atoms with E-state index in [1.807, 2.05) is 74.5 Å². The molecule has 3 aromatic rings. The van der Waals surface area contributed by atoms with E-state index < -0.39 is 5.54 Å². The van der Waals surface area contributed by atoms with Gasteiger partial charge in [-0.2, -0.15) is 0 Å². The van der Waals surface area contributed by atoms with Crippen molar-refractivity contribution in [2.75, 3.05) is 6.54 Å². The van der Waals surface area contributed by atoms with Crippen LogP contribution in [0.3, 0.4) is 0 Å². The van der Waals surface area contributed by atoms with Crippen LogP contribution in [0.15, 0.2) is 67.0 Å². The van der Waals surface area contributed by atoms with Crippen LogP contribution < -0.4 is 5.32 Å². The Morgan fingerprint density at radius 1 is 1.06 bits per heavy atom. The van der Waals surface area contributed by atoms with Gasteiger partial charge in [-0.1, -0.05) is 60.7 Å². The van der Waals surface area contributed by atoms with Gasteiger partial charge < -0.3 is 19.7 Å². The van der Waals surface area contributed by atoms with Crippen LogP contribution in [0.25, 0.3) is 0 Å². The second kappa shape index (κ2) is 9.60. The second-order valence-corrected chi connectivity index (χ2v) is 9.72. The van der Waals surface area contributed by atoms with Crippen molar-refractivity contribution in [3.8, 4) is 0 Å². The summed E-state index contributed by atoms with van der Waals surface area (Å²) in [6, 6.07) is 19.4. The van der Waals surface area contributed by atoms with E-state index in [2.05, 4.69) is 10.3 Å². The van der Waals surface area contributed by atoms with E-state index in [0.717, 1.165) is 24.0 Å². The number of hydrogen-bond acceptors (Lipinski definition) is 4. The van der Waals surface area contributed by atoms with Crippen molar-refractivity contribution in [2.45, 2.75) is 57.9 Å². The van der Waals surface area contributed by atoms with Gasteiger partial charge in [0.1, 0.15) is 11.2 Å². The summed E-state index contributed by atoms with van der Waals surface area (Å²) in [5, 5.41) is 3.02. The lowest BCUT2D eigenvalue weighted by atomic mass is 9.93. The van der Waals surface area contributed by atoms with E-state index in [0.29, 0.717) is 19.6 Å². The van der Waals surface area contributed by atoms with Crippen LogP contribution in [0.2, 0.25) is 0 Å². The average Bonchev–Trinajstić information content (AvgIpc) is 3.64. The monoisotopic (exact) mass is 485 g/mol. The Bertz CT molecular complexity index is 1270. The summed E-state index contributed by atoms with van der Waals surface area (Å²) < 4.78 is 1.67. The molecular weight excluding hydrogens is 454 g/mol. The molecule has 0 radical (unpaired) electrons. The first-order chi connectivity index (χ1) is 17.4. The Morgan fingerprint density at radius 2 is 1.69 bits per heavy atom. The number of carbonyl (C=O) groups is 3. The van der Waals surface area contributed by atoms with Crippen LogP contribution in [0.4, 0.5) is 0 Å². The van der Waals surface area contributed by atoms with Crippen molar-refractivity contribution in [3.05, 3.63) is 89.5 Å². The Hall–Kier alpha value is -3.94. The number of amides is 3. The summed E-state index contributed by atoms with van der Waals surface area (Å²) in [5.74, 6) is -0.799. The third-order valence-corrected chi connectivity index (χ3v) is 7.05. The highest BCUT2D eigenvalue weighted by Crippen LogP contribution is 2.39. The molecule has 186 valence electrons. The van der Waals surface area contributed by atoms with Gasteiger partial charge >= 0.3 is 0 Å². The summed E-state index contributed by atoms with van der Waals surface area (Å²) in [6.45, 7) is 5.27. The number of carbonyl (C=O) groups excluding carboxylic acids is 3. The molecule has 1 atom stereocenters. The SMILES string of the molecule is CCN(Cc1ccccc1)C(=O)c1ncn2c1C(=O)N(C1CC1)[C@@](C)(C(=O)NCc1ccccc1)C2. The first-order valence-corrected chi connectivity index (χ1v) is 12.5. The number of benzene rings is 2. The van der Waals surface area contributed by atoms with Gasteiger partial charge in [0.25, 0.3) is 11.8 Å². The first kappa shape index (κ1) is 23.8. The zero-order valence-corrected chi connectivity index (χ0v) is 20.7. The van der Waals surface area contributed by atoms with Gasteiger partial charge in [-0.15, -0.1) is 0 Å². The van der Waals surface area contributed by atoms with E-state index in [4.69, 9.17) is 0 Å². The molecule has 2 heterocycles. The maximum Gasteiger partial charge on any atom is 0.275 e. The van der Waals surface area contributed by atoms with E-state index >= 15 is 0 Å². The van der Waals surface area contributed by atoms with Crippen LogP contribution in [0, 0.1) is 0 Å². The molecular formula is C28H31N5O3. The van der Waals surface area contributed by atoms with Crippen LogP contribution >= 0.6 is 0 Å². The van der Waals surface area contributed by atoms with Gasteiger partial charge in [-0.05, 0) is 37.8 Å². The lowest BCUT2D eigenvalue weighted by Gasteiger charge is -2.44. The summed E-state index contributed by atoms with van der Waals surface area (Å²) in [5.41, 5.74) is 1.34. The molecule has 8 heteroatoms. The minimum atomic E-state index is -1.07. The molecule has 8 nitrogen and oxygen atoms in total. The molecule has 1 saturated carbocycles. The Morgan fingerprint density at radius 3 is 2.31 bits per heavy atom. The predicted octanol–water partition coefficient (Wildman–Crippen LogP) is 3.24. The number of rotatable bonds is 8. The van der Waals surface area contributed by atoms with E-state index in [1.54, 1.807) is 14.4 Å². The fraction of sp³-hybridized carbons (Fsp3) is 0.357. The molecule has 1 N–H and O–H groups in total. The van der Waals surface area contributed by atoms with Crippen LogP contribution in [-0.2, 0) is 24.4 Å². The number of nitrogens with zero attached hydrogens (tertiary/aromatic N) is 4. The second-order valence-electron chi connectivity index (χ2n) is 9.72. The molecule has 0 spiro atoms. The maximum absolute atomic E-state index is 13.9. The summed E-state index contributed by atoms with van der Waals surface area (Å²) in [7, 11) is 0. The molecule has 0 saturated heterocycles. The highest BCUT2D eigenvalue weighted by molar-refractivity contribution is 6.07. The molecule has 36 heavy (non-hydrogen) atoms. The van der Waals surface area contributed by atoms with Gasteiger partial charge in [0, 0.05) is 25.7 Å².